The van der Waals surface area contributed by atoms with Gasteiger partial charge in [-0.2, -0.15) is 0 Å². The lowest BCUT2D eigenvalue weighted by molar-refractivity contribution is -0.148. The van der Waals surface area contributed by atoms with Crippen LogP contribution in [0.5, 0.6) is 0 Å². The Morgan fingerprint density at radius 3 is 2.50 bits per heavy atom. The van der Waals surface area contributed by atoms with E-state index in [4.69, 9.17) is 5.73 Å². The smallest absolute Gasteiger partial charge is 0.344 e. The lowest BCUT2D eigenvalue weighted by atomic mass is 9.84. The number of nitrogens with two attached hydrogens (primary N) is 1. The van der Waals surface area contributed by atoms with Gasteiger partial charge in [0.25, 0.3) is 5.91 Å². The monoisotopic (exact) mass is 461 g/mol. The molecule has 3 aromatic rings. The summed E-state index contributed by atoms with van der Waals surface area (Å²) in [4.78, 5) is 49.3. The normalized spacial score (nSPS) is 23.4. The highest BCUT2D eigenvalue weighted by Crippen LogP contribution is 2.35. The molecule has 9 heteroatoms. The van der Waals surface area contributed by atoms with Crippen molar-refractivity contribution < 1.29 is 19.5 Å². The largest absolute Gasteiger partial charge is 0.478 e. The quantitative estimate of drug-likeness (QED) is 0.531. The summed E-state index contributed by atoms with van der Waals surface area (Å²) >= 11 is 0. The van der Waals surface area contributed by atoms with Gasteiger partial charge in [0.15, 0.2) is 5.66 Å². The van der Waals surface area contributed by atoms with Crippen LogP contribution in [0.2, 0.25) is 0 Å². The molecule has 4 N–H and O–H groups in total. The molecular formula is C25H27N5O4. The van der Waals surface area contributed by atoms with Crippen LogP contribution in [0, 0.1) is 11.8 Å². The molecule has 0 aliphatic carbocycles. The average molecular weight is 462 g/mol. The van der Waals surface area contributed by atoms with Crippen LogP contribution in [0.15, 0.2) is 55.0 Å². The number of pyridine rings is 1. The summed E-state index contributed by atoms with van der Waals surface area (Å²) in [6.45, 7) is 1.48. The fourth-order valence-electron chi connectivity index (χ4n) is 5.24. The Labute approximate surface area is 196 Å². The van der Waals surface area contributed by atoms with E-state index in [1.165, 1.54) is 0 Å². The molecule has 2 aliphatic heterocycles. The van der Waals surface area contributed by atoms with Crippen molar-refractivity contribution in [2.45, 2.75) is 24.9 Å². The van der Waals surface area contributed by atoms with Crippen LogP contribution in [0.1, 0.15) is 29.6 Å². The molecule has 1 amide bonds. The van der Waals surface area contributed by atoms with Gasteiger partial charge in [0.2, 0.25) is 0 Å². The lowest BCUT2D eigenvalue weighted by Crippen LogP contribution is -2.59. The number of piperidine rings is 1. The molecule has 1 unspecified atom stereocenters. The number of rotatable bonds is 5. The molecule has 2 fully saturated rings. The molecule has 2 aromatic heterocycles. The number of nitrogens with one attached hydrogen (secondary N) is 1. The van der Waals surface area contributed by atoms with Crippen molar-refractivity contribution in [2.24, 2.45) is 17.6 Å². The molecule has 2 atom stereocenters. The zero-order chi connectivity index (χ0) is 23.9. The Morgan fingerprint density at radius 2 is 1.79 bits per heavy atom. The van der Waals surface area contributed by atoms with Crippen molar-refractivity contribution in [2.75, 3.05) is 24.5 Å². The predicted molar refractivity (Wildman–Crippen MR) is 126 cm³/mol. The van der Waals surface area contributed by atoms with Gasteiger partial charge in [0.05, 0.1) is 0 Å². The molecule has 0 bridgehead atoms. The third kappa shape index (κ3) is 3.81. The van der Waals surface area contributed by atoms with Crippen molar-refractivity contribution in [1.82, 2.24) is 14.9 Å². The van der Waals surface area contributed by atoms with Crippen LogP contribution in [0.3, 0.4) is 0 Å². The van der Waals surface area contributed by atoms with Crippen molar-refractivity contribution >= 4 is 34.3 Å². The van der Waals surface area contributed by atoms with E-state index in [0.29, 0.717) is 18.4 Å². The number of benzene rings is 1. The Hall–Kier alpha value is -3.72. The number of aromatic amines is 1. The maximum atomic E-state index is 13.4. The van der Waals surface area contributed by atoms with Crippen LogP contribution in [-0.2, 0) is 9.59 Å². The van der Waals surface area contributed by atoms with E-state index < -0.39 is 23.5 Å². The summed E-state index contributed by atoms with van der Waals surface area (Å²) in [5, 5.41) is 10.8. The highest BCUT2D eigenvalue weighted by Gasteiger charge is 2.53. The zero-order valence-corrected chi connectivity index (χ0v) is 18.7. The first-order chi connectivity index (χ1) is 16.4. The minimum Gasteiger partial charge on any atom is -0.478 e. The van der Waals surface area contributed by atoms with E-state index in [0.717, 1.165) is 34.6 Å². The van der Waals surface area contributed by atoms with Crippen molar-refractivity contribution in [3.8, 4) is 0 Å². The summed E-state index contributed by atoms with van der Waals surface area (Å²) in [5.74, 6) is -2.56. The van der Waals surface area contributed by atoms with Crippen molar-refractivity contribution in [3.63, 3.8) is 0 Å². The van der Waals surface area contributed by atoms with Gasteiger partial charge in [-0.3, -0.25) is 20.3 Å². The zero-order valence-electron chi connectivity index (χ0n) is 18.7. The van der Waals surface area contributed by atoms with Crippen LogP contribution in [0.4, 0.5) is 5.69 Å². The molecular weight excluding hydrogens is 434 g/mol. The minimum atomic E-state index is -1.92. The van der Waals surface area contributed by atoms with E-state index in [9.17, 15) is 19.5 Å². The summed E-state index contributed by atoms with van der Waals surface area (Å²) in [5.41, 5.74) is 6.53. The van der Waals surface area contributed by atoms with E-state index in [2.05, 4.69) is 14.9 Å². The number of carbonyl (C=O) groups is 3. The second-order valence-corrected chi connectivity index (χ2v) is 9.20. The standard InChI is InChI=1S/C25H27N5O4/c26-25(24(33)34)14-19(15-30(25)23(32)18-2-1-16-3-10-28-21(16)13-18)22(31)17-6-11-29(12-7-17)20-4-8-27-9-5-20/h1-5,8-10,13,17,19,28H,6-7,11-12,14-15,26H2,(H,33,34)/t19?,25-/m0/s1. The maximum absolute atomic E-state index is 13.4. The summed E-state index contributed by atoms with van der Waals surface area (Å²) < 4.78 is 0. The Balaban J connectivity index is 1.31. The van der Waals surface area contributed by atoms with Gasteiger partial charge in [-0.1, -0.05) is 6.07 Å². The number of carboxylic acid groups (broad SMARTS) is 1. The predicted octanol–water partition coefficient (Wildman–Crippen LogP) is 2.25. The average Bonchev–Trinajstić information content (AvgIpc) is 3.48. The van der Waals surface area contributed by atoms with E-state index in [1.807, 2.05) is 18.2 Å². The first kappa shape index (κ1) is 22.1. The number of Topliss-reactive ketones (excluding diaryl/α,β-unsaturated/α-hetero) is 1. The molecule has 4 heterocycles. The Bertz CT molecular complexity index is 1230. The van der Waals surface area contributed by atoms with Gasteiger partial charge >= 0.3 is 5.97 Å². The van der Waals surface area contributed by atoms with Crippen LogP contribution < -0.4 is 10.6 Å². The van der Waals surface area contributed by atoms with E-state index in [1.54, 1.807) is 36.8 Å². The highest BCUT2D eigenvalue weighted by atomic mass is 16.4. The molecule has 0 spiro atoms. The molecule has 34 heavy (non-hydrogen) atoms. The molecule has 0 radical (unpaired) electrons. The van der Waals surface area contributed by atoms with Gasteiger partial charge < -0.3 is 19.9 Å². The summed E-state index contributed by atoms with van der Waals surface area (Å²) in [6.07, 6.45) is 6.55. The Kier molecular flexibility index (Phi) is 5.57. The summed E-state index contributed by atoms with van der Waals surface area (Å²) in [7, 11) is 0. The van der Waals surface area contributed by atoms with Crippen LogP contribution in [0.25, 0.3) is 10.9 Å². The van der Waals surface area contributed by atoms with E-state index >= 15 is 0 Å². The second kappa shape index (κ2) is 8.57. The third-order valence-corrected chi connectivity index (χ3v) is 7.19. The number of aliphatic carboxylic acids is 1. The van der Waals surface area contributed by atoms with Crippen LogP contribution >= 0.6 is 0 Å². The SMILES string of the molecule is N[C@@]1(C(=O)O)CC(C(=O)C2CCN(c3ccncc3)CC2)CN1C(=O)c1ccc2cc[nH]c2c1. The molecule has 0 saturated carbocycles. The highest BCUT2D eigenvalue weighted by molar-refractivity contribution is 6.01. The molecule has 176 valence electrons. The minimum absolute atomic E-state index is 0.000531. The maximum Gasteiger partial charge on any atom is 0.344 e. The van der Waals surface area contributed by atoms with Gasteiger partial charge in [0, 0.05) is 73.2 Å². The Morgan fingerprint density at radius 1 is 1.06 bits per heavy atom. The van der Waals surface area contributed by atoms with Gasteiger partial charge in [-0.05, 0) is 48.6 Å². The second-order valence-electron chi connectivity index (χ2n) is 9.20. The number of fused-ring (bicyclic) bond motifs is 1. The number of ketones is 1. The molecule has 2 aliphatic rings. The number of carbonyl (C=O) groups excluding carboxylic acids is 2. The molecule has 2 saturated heterocycles. The van der Waals surface area contributed by atoms with E-state index in [-0.39, 0.29) is 24.7 Å². The number of carboxylic acids is 1. The topological polar surface area (TPSA) is 133 Å². The van der Waals surface area contributed by atoms with Gasteiger partial charge in [-0.15, -0.1) is 0 Å². The number of likely N-dealkylation sites (tertiary alicyclic amines) is 1. The molecule has 1 aromatic carbocycles. The number of hydrogen-bond donors (Lipinski definition) is 3. The first-order valence-corrected chi connectivity index (χ1v) is 11.5. The number of hydrogen-bond acceptors (Lipinski definition) is 6. The molecule has 9 nitrogen and oxygen atoms in total. The number of anilines is 1. The van der Waals surface area contributed by atoms with Crippen molar-refractivity contribution in [1.29, 1.82) is 0 Å². The molecule has 5 rings (SSSR count). The fourth-order valence-corrected chi connectivity index (χ4v) is 5.24. The lowest BCUT2D eigenvalue weighted by Gasteiger charge is -2.33. The summed E-state index contributed by atoms with van der Waals surface area (Å²) in [6, 6.07) is 10.9. The number of amides is 1. The number of aromatic nitrogens is 2. The van der Waals surface area contributed by atoms with Gasteiger partial charge in [-0.25, -0.2) is 4.79 Å². The van der Waals surface area contributed by atoms with Gasteiger partial charge in [0.1, 0.15) is 5.78 Å². The number of nitrogens with zero attached hydrogens (tertiary/aromatic N) is 3. The first-order valence-electron chi connectivity index (χ1n) is 11.5. The van der Waals surface area contributed by atoms with Crippen LogP contribution in [-0.4, -0.2) is 62.9 Å². The third-order valence-electron chi connectivity index (χ3n) is 7.19. The van der Waals surface area contributed by atoms with Crippen molar-refractivity contribution in [3.05, 3.63) is 60.6 Å². The fraction of sp³-hybridized carbons (Fsp3) is 0.360. The number of H-pyrrole nitrogens is 1.